The number of hydrogen-bond acceptors (Lipinski definition) is 4. The smallest absolute Gasteiger partial charge is 0.325 e. The summed E-state index contributed by atoms with van der Waals surface area (Å²) in [5.74, 6) is -0.920. The number of aliphatic carboxylic acids is 1. The molecule has 0 aliphatic rings. The van der Waals surface area contributed by atoms with Crippen LogP contribution in [0.15, 0.2) is 6.20 Å². The summed E-state index contributed by atoms with van der Waals surface area (Å²) in [6.07, 6.45) is 1.60. The summed E-state index contributed by atoms with van der Waals surface area (Å²) in [5, 5.41) is 18.7. The van der Waals surface area contributed by atoms with Crippen LogP contribution in [0.5, 0.6) is 0 Å². The minimum Gasteiger partial charge on any atom is -0.480 e. The maximum atomic E-state index is 10.2. The molecule has 1 aromatic heterocycles. The van der Waals surface area contributed by atoms with E-state index in [1.54, 1.807) is 13.2 Å². The van der Waals surface area contributed by atoms with E-state index >= 15 is 0 Å². The molecule has 0 aliphatic heterocycles. The van der Waals surface area contributed by atoms with E-state index < -0.39 is 5.97 Å². The van der Waals surface area contributed by atoms with Crippen LogP contribution < -0.4 is 5.32 Å². The van der Waals surface area contributed by atoms with E-state index in [-0.39, 0.29) is 6.54 Å². The van der Waals surface area contributed by atoms with E-state index in [4.69, 9.17) is 5.11 Å². The molecule has 1 aromatic rings. The molecule has 0 atom stereocenters. The molecule has 1 rings (SSSR count). The maximum Gasteiger partial charge on any atom is 0.325 e. The van der Waals surface area contributed by atoms with E-state index in [9.17, 15) is 4.79 Å². The third-order valence-corrected chi connectivity index (χ3v) is 1.24. The summed E-state index contributed by atoms with van der Waals surface area (Å²) >= 11 is 0. The van der Waals surface area contributed by atoms with Gasteiger partial charge in [0.05, 0.1) is 11.9 Å². The van der Waals surface area contributed by atoms with Gasteiger partial charge in [-0.25, -0.2) is 4.68 Å². The average molecular weight is 170 g/mol. The topological polar surface area (TPSA) is 80.0 Å². The average Bonchev–Trinajstić information content (AvgIpc) is 2.36. The molecule has 0 aromatic carbocycles. The van der Waals surface area contributed by atoms with Gasteiger partial charge in [0.25, 0.3) is 0 Å². The second kappa shape index (κ2) is 3.82. The fourth-order valence-corrected chi connectivity index (χ4v) is 0.817. The molecular formula is C6H10N4O2. The van der Waals surface area contributed by atoms with Gasteiger partial charge < -0.3 is 10.4 Å². The van der Waals surface area contributed by atoms with Crippen LogP contribution in [0, 0.1) is 0 Å². The van der Waals surface area contributed by atoms with Gasteiger partial charge in [0.2, 0.25) is 0 Å². The van der Waals surface area contributed by atoms with Crippen LogP contribution in [0.1, 0.15) is 5.69 Å². The van der Waals surface area contributed by atoms with Crippen LogP contribution in [-0.4, -0.2) is 33.1 Å². The SMILES string of the molecule is CNCc1cn(CC(=O)O)nn1. The van der Waals surface area contributed by atoms with Gasteiger partial charge in [0.1, 0.15) is 6.54 Å². The summed E-state index contributed by atoms with van der Waals surface area (Å²) in [7, 11) is 1.79. The van der Waals surface area contributed by atoms with Crippen molar-refractivity contribution in [3.05, 3.63) is 11.9 Å². The van der Waals surface area contributed by atoms with Gasteiger partial charge in [-0.15, -0.1) is 5.10 Å². The lowest BCUT2D eigenvalue weighted by Gasteiger charge is -1.91. The van der Waals surface area contributed by atoms with Gasteiger partial charge in [0, 0.05) is 6.54 Å². The highest BCUT2D eigenvalue weighted by atomic mass is 16.4. The first-order valence-corrected chi connectivity index (χ1v) is 3.48. The molecule has 0 aliphatic carbocycles. The van der Waals surface area contributed by atoms with Crippen molar-refractivity contribution in [3.8, 4) is 0 Å². The molecule has 0 amide bonds. The van der Waals surface area contributed by atoms with E-state index in [1.165, 1.54) is 4.68 Å². The quantitative estimate of drug-likeness (QED) is 0.611. The van der Waals surface area contributed by atoms with Crippen molar-refractivity contribution in [2.45, 2.75) is 13.1 Å². The van der Waals surface area contributed by atoms with Crippen LogP contribution in [-0.2, 0) is 17.9 Å². The molecule has 0 fully saturated rings. The molecule has 6 heteroatoms. The summed E-state index contributed by atoms with van der Waals surface area (Å²) in [5.41, 5.74) is 0.735. The minimum atomic E-state index is -0.920. The number of nitrogens with zero attached hydrogens (tertiary/aromatic N) is 3. The molecular weight excluding hydrogens is 160 g/mol. The lowest BCUT2D eigenvalue weighted by atomic mass is 10.5. The van der Waals surface area contributed by atoms with Gasteiger partial charge in [-0.05, 0) is 7.05 Å². The Bertz CT molecular complexity index is 270. The van der Waals surface area contributed by atoms with Gasteiger partial charge in [-0.2, -0.15) is 0 Å². The molecule has 12 heavy (non-hydrogen) atoms. The summed E-state index contributed by atoms with van der Waals surface area (Å²) in [6, 6.07) is 0. The van der Waals surface area contributed by atoms with Crippen LogP contribution in [0.2, 0.25) is 0 Å². The first-order chi connectivity index (χ1) is 5.72. The first-order valence-electron chi connectivity index (χ1n) is 3.48. The minimum absolute atomic E-state index is 0.142. The van der Waals surface area contributed by atoms with Crippen molar-refractivity contribution in [2.24, 2.45) is 0 Å². The van der Waals surface area contributed by atoms with Gasteiger partial charge in [-0.1, -0.05) is 5.21 Å². The Kier molecular flexibility index (Phi) is 2.76. The first kappa shape index (κ1) is 8.66. The Hall–Kier alpha value is -1.43. The predicted octanol–water partition coefficient (Wildman–Crippen LogP) is -0.918. The van der Waals surface area contributed by atoms with Gasteiger partial charge in [-0.3, -0.25) is 4.79 Å². The van der Waals surface area contributed by atoms with Gasteiger partial charge >= 0.3 is 5.97 Å². The third-order valence-electron chi connectivity index (χ3n) is 1.24. The molecule has 2 N–H and O–H groups in total. The Morgan fingerprint density at radius 1 is 1.83 bits per heavy atom. The molecule has 0 unspecified atom stereocenters. The molecule has 0 saturated carbocycles. The Morgan fingerprint density at radius 3 is 3.17 bits per heavy atom. The van der Waals surface area contributed by atoms with E-state index in [0.29, 0.717) is 6.54 Å². The van der Waals surface area contributed by atoms with E-state index in [0.717, 1.165) is 5.69 Å². The number of aromatic nitrogens is 3. The normalized spacial score (nSPS) is 10.1. The van der Waals surface area contributed by atoms with Crippen molar-refractivity contribution >= 4 is 5.97 Å². The van der Waals surface area contributed by atoms with E-state index in [2.05, 4.69) is 15.6 Å². The van der Waals surface area contributed by atoms with Crippen LogP contribution >= 0.6 is 0 Å². The third kappa shape index (κ3) is 2.31. The molecule has 6 nitrogen and oxygen atoms in total. The molecule has 1 heterocycles. The van der Waals surface area contributed by atoms with Crippen molar-refractivity contribution in [2.75, 3.05) is 7.05 Å². The zero-order valence-electron chi connectivity index (χ0n) is 6.69. The van der Waals surface area contributed by atoms with Crippen molar-refractivity contribution in [1.29, 1.82) is 0 Å². The monoisotopic (exact) mass is 170 g/mol. The highest BCUT2D eigenvalue weighted by molar-refractivity contribution is 5.66. The second-order valence-electron chi connectivity index (χ2n) is 2.33. The summed E-state index contributed by atoms with van der Waals surface area (Å²) in [6.45, 7) is 0.455. The Labute approximate surface area is 69.2 Å². The number of nitrogens with one attached hydrogen (secondary N) is 1. The summed E-state index contributed by atoms with van der Waals surface area (Å²) in [4.78, 5) is 10.2. The molecule has 0 bridgehead atoms. The van der Waals surface area contributed by atoms with Crippen molar-refractivity contribution < 1.29 is 9.90 Å². The summed E-state index contributed by atoms with van der Waals surface area (Å²) < 4.78 is 1.29. The Balaban J connectivity index is 2.58. The lowest BCUT2D eigenvalue weighted by Crippen LogP contribution is -2.09. The predicted molar refractivity (Wildman–Crippen MR) is 40.4 cm³/mol. The maximum absolute atomic E-state index is 10.2. The molecule has 0 radical (unpaired) electrons. The molecule has 0 saturated heterocycles. The molecule has 0 spiro atoms. The number of hydrogen-bond donors (Lipinski definition) is 2. The lowest BCUT2D eigenvalue weighted by molar-refractivity contribution is -0.137. The highest BCUT2D eigenvalue weighted by Crippen LogP contribution is 1.91. The van der Waals surface area contributed by atoms with Crippen LogP contribution in [0.3, 0.4) is 0 Å². The standard InChI is InChI=1S/C6H10N4O2/c1-7-2-5-3-10(9-8-5)4-6(11)12/h3,7H,2,4H2,1H3,(H,11,12). The van der Waals surface area contributed by atoms with Crippen molar-refractivity contribution in [3.63, 3.8) is 0 Å². The molecule has 66 valence electrons. The zero-order chi connectivity index (χ0) is 8.97. The number of rotatable bonds is 4. The van der Waals surface area contributed by atoms with Gasteiger partial charge in [0.15, 0.2) is 0 Å². The van der Waals surface area contributed by atoms with E-state index in [1.807, 2.05) is 0 Å². The van der Waals surface area contributed by atoms with Crippen molar-refractivity contribution in [1.82, 2.24) is 20.3 Å². The second-order valence-corrected chi connectivity index (χ2v) is 2.33. The zero-order valence-corrected chi connectivity index (χ0v) is 6.69. The number of carbonyl (C=O) groups is 1. The Morgan fingerprint density at radius 2 is 2.58 bits per heavy atom. The number of carboxylic acids is 1. The largest absolute Gasteiger partial charge is 0.480 e. The fraction of sp³-hybridized carbons (Fsp3) is 0.500. The fourth-order valence-electron chi connectivity index (χ4n) is 0.817. The highest BCUT2D eigenvalue weighted by Gasteiger charge is 2.02. The van der Waals surface area contributed by atoms with Crippen LogP contribution in [0.4, 0.5) is 0 Å². The number of carboxylic acid groups (broad SMARTS) is 1. The van der Waals surface area contributed by atoms with Crippen LogP contribution in [0.25, 0.3) is 0 Å².